The molecule has 3 aromatic carbocycles. The molecule has 0 bridgehead atoms. The molecule has 0 aliphatic carbocycles. The second-order valence-corrected chi connectivity index (χ2v) is 8.34. The Hall–Kier alpha value is -3.62. The molecular formula is C27H28F2N4O2. The van der Waals surface area contributed by atoms with Gasteiger partial charge in [0.25, 0.3) is 5.91 Å². The van der Waals surface area contributed by atoms with Gasteiger partial charge in [-0.15, -0.1) is 0 Å². The van der Waals surface area contributed by atoms with Crippen molar-refractivity contribution in [3.05, 3.63) is 101 Å². The topological polar surface area (TPSA) is 78.7 Å². The predicted molar refractivity (Wildman–Crippen MR) is 131 cm³/mol. The Bertz CT molecular complexity index is 1270. The van der Waals surface area contributed by atoms with Crippen molar-refractivity contribution < 1.29 is 21.1 Å². The lowest BCUT2D eigenvalue weighted by Crippen LogP contribution is -2.49. The standard InChI is InChI=1S/C27H28F2N4O2/c28-21-10-11-25(32-12-14-33(30)15-13-32)20(17-21)18-26(34)24(16-19-6-2-1-3-7-19)31-27(35)22-8-4-5-9-23(22)29/h1-11,17,24H,12-16,18,30H2,(H,31,35)/i16D2. The lowest BCUT2D eigenvalue weighted by molar-refractivity contribution is -0.120. The summed E-state index contributed by atoms with van der Waals surface area (Å²) in [5.41, 5.74) is 0.864. The van der Waals surface area contributed by atoms with E-state index in [-0.39, 0.29) is 17.5 Å². The Balaban J connectivity index is 1.67. The third-order valence-electron chi connectivity index (χ3n) is 5.86. The Labute approximate surface area is 206 Å². The third-order valence-corrected chi connectivity index (χ3v) is 5.86. The van der Waals surface area contributed by atoms with E-state index in [1.54, 1.807) is 29.3 Å². The highest BCUT2D eigenvalue weighted by Crippen LogP contribution is 2.24. The predicted octanol–water partition coefficient (Wildman–Crippen LogP) is 3.11. The summed E-state index contributed by atoms with van der Waals surface area (Å²) in [6, 6.07) is 15.7. The van der Waals surface area contributed by atoms with Gasteiger partial charge in [-0.25, -0.2) is 13.8 Å². The zero-order chi connectivity index (χ0) is 26.6. The molecule has 0 saturated carbocycles. The van der Waals surface area contributed by atoms with Crippen LogP contribution in [0, 0.1) is 11.6 Å². The minimum Gasteiger partial charge on any atom is -0.369 e. The molecule has 1 fully saturated rings. The minimum atomic E-state index is -2.34. The number of hydrogen-bond donors (Lipinski definition) is 2. The van der Waals surface area contributed by atoms with Gasteiger partial charge in [-0.3, -0.25) is 15.4 Å². The molecular weight excluding hydrogens is 450 g/mol. The van der Waals surface area contributed by atoms with Gasteiger partial charge in [0.05, 0.1) is 11.6 Å². The number of amides is 1. The van der Waals surface area contributed by atoms with E-state index in [2.05, 4.69) is 5.32 Å². The van der Waals surface area contributed by atoms with Crippen molar-refractivity contribution in [2.45, 2.75) is 18.8 Å². The van der Waals surface area contributed by atoms with Crippen molar-refractivity contribution in [1.82, 2.24) is 10.3 Å². The van der Waals surface area contributed by atoms with E-state index in [9.17, 15) is 18.4 Å². The number of hydrogen-bond acceptors (Lipinski definition) is 5. The quantitative estimate of drug-likeness (QED) is 0.485. The number of nitrogens with zero attached hydrogens (tertiary/aromatic N) is 2. The molecule has 1 atom stereocenters. The molecule has 3 aromatic rings. The van der Waals surface area contributed by atoms with Gasteiger partial charge >= 0.3 is 0 Å². The van der Waals surface area contributed by atoms with Crippen LogP contribution in [0.2, 0.25) is 0 Å². The number of hydrazine groups is 1. The number of carbonyl (C=O) groups excluding carboxylic acids is 2. The van der Waals surface area contributed by atoms with E-state index in [1.807, 2.05) is 4.90 Å². The van der Waals surface area contributed by atoms with Gasteiger partial charge in [0.2, 0.25) is 0 Å². The summed E-state index contributed by atoms with van der Waals surface area (Å²) in [4.78, 5) is 28.6. The zero-order valence-electron chi connectivity index (χ0n) is 21.1. The summed E-state index contributed by atoms with van der Waals surface area (Å²) in [7, 11) is 0. The molecule has 4 rings (SSSR count). The number of piperazine rings is 1. The molecule has 1 aliphatic heterocycles. The summed E-state index contributed by atoms with van der Waals surface area (Å²) in [6.07, 6.45) is -2.68. The number of rotatable bonds is 8. The number of anilines is 1. The second kappa shape index (κ2) is 11.2. The largest absolute Gasteiger partial charge is 0.369 e. The monoisotopic (exact) mass is 480 g/mol. The van der Waals surface area contributed by atoms with Gasteiger partial charge < -0.3 is 10.2 Å². The Morgan fingerprint density at radius 3 is 2.37 bits per heavy atom. The molecule has 0 aromatic heterocycles. The molecule has 3 N–H and O–H groups in total. The maximum absolute atomic E-state index is 14.3. The first kappa shape index (κ1) is 21.9. The molecule has 0 spiro atoms. The number of Topliss-reactive ketones (excluding diaryl/α,β-unsaturated/α-hetero) is 1. The molecule has 8 heteroatoms. The zero-order valence-corrected chi connectivity index (χ0v) is 19.1. The fourth-order valence-electron chi connectivity index (χ4n) is 4.01. The van der Waals surface area contributed by atoms with E-state index in [0.717, 1.165) is 6.07 Å². The van der Waals surface area contributed by atoms with Crippen LogP contribution in [0.4, 0.5) is 14.5 Å². The highest BCUT2D eigenvalue weighted by Gasteiger charge is 2.26. The molecule has 35 heavy (non-hydrogen) atoms. The number of carbonyl (C=O) groups is 2. The van der Waals surface area contributed by atoms with Crippen LogP contribution >= 0.6 is 0 Å². The molecule has 0 radical (unpaired) electrons. The fraction of sp³-hybridized carbons (Fsp3) is 0.259. The van der Waals surface area contributed by atoms with E-state index in [1.165, 1.54) is 42.5 Å². The summed E-state index contributed by atoms with van der Waals surface area (Å²) < 4.78 is 46.1. The lowest BCUT2D eigenvalue weighted by atomic mass is 9.96. The van der Waals surface area contributed by atoms with Crippen molar-refractivity contribution in [2.75, 3.05) is 31.1 Å². The summed E-state index contributed by atoms with van der Waals surface area (Å²) in [5.74, 6) is 2.92. The first-order chi connectivity index (χ1) is 17.7. The average molecular weight is 481 g/mol. The first-order valence-electron chi connectivity index (χ1n) is 12.3. The number of benzene rings is 3. The van der Waals surface area contributed by atoms with Gasteiger partial charge in [0.15, 0.2) is 5.78 Å². The number of nitrogens with one attached hydrogen (secondary N) is 1. The van der Waals surface area contributed by atoms with Crippen LogP contribution in [0.15, 0.2) is 72.8 Å². The van der Waals surface area contributed by atoms with Crippen molar-refractivity contribution in [1.29, 1.82) is 0 Å². The number of ketones is 1. The summed E-state index contributed by atoms with van der Waals surface area (Å²) >= 11 is 0. The third kappa shape index (κ3) is 6.29. The summed E-state index contributed by atoms with van der Waals surface area (Å²) in [5, 5.41) is 4.09. The second-order valence-electron chi connectivity index (χ2n) is 8.34. The van der Waals surface area contributed by atoms with Gasteiger partial charge in [-0.2, -0.15) is 0 Å². The van der Waals surface area contributed by atoms with Crippen LogP contribution in [0.25, 0.3) is 0 Å². The van der Waals surface area contributed by atoms with Crippen molar-refractivity contribution >= 4 is 17.4 Å². The summed E-state index contributed by atoms with van der Waals surface area (Å²) in [6.45, 7) is 2.31. The van der Waals surface area contributed by atoms with Crippen molar-refractivity contribution in [2.24, 2.45) is 5.84 Å². The number of halogens is 2. The first-order valence-corrected chi connectivity index (χ1v) is 11.3. The van der Waals surface area contributed by atoms with E-state index < -0.39 is 35.7 Å². The lowest BCUT2D eigenvalue weighted by Gasteiger charge is -2.35. The van der Waals surface area contributed by atoms with E-state index in [0.29, 0.717) is 37.4 Å². The smallest absolute Gasteiger partial charge is 0.254 e. The minimum absolute atomic E-state index is 0.167. The van der Waals surface area contributed by atoms with E-state index in [4.69, 9.17) is 8.58 Å². The van der Waals surface area contributed by atoms with Crippen molar-refractivity contribution in [3.63, 3.8) is 0 Å². The maximum atomic E-state index is 14.3. The van der Waals surface area contributed by atoms with Crippen molar-refractivity contribution in [3.8, 4) is 0 Å². The SMILES string of the molecule is [2H]C([2H])(c1ccccc1)C(NC(=O)c1ccccc1F)C(=O)Cc1cc(F)ccc1N1CCN(N)CC1. The van der Waals surface area contributed by atoms with Crippen LogP contribution in [0.1, 0.15) is 24.2 Å². The van der Waals surface area contributed by atoms with Gasteiger partial charge in [-0.1, -0.05) is 42.5 Å². The van der Waals surface area contributed by atoms with Crippen LogP contribution in [0.5, 0.6) is 0 Å². The van der Waals surface area contributed by atoms with Crippen LogP contribution in [0.3, 0.4) is 0 Å². The highest BCUT2D eigenvalue weighted by molar-refractivity contribution is 5.98. The molecule has 1 heterocycles. The van der Waals surface area contributed by atoms with E-state index >= 15 is 0 Å². The molecule has 182 valence electrons. The van der Waals surface area contributed by atoms with Crippen LogP contribution in [-0.4, -0.2) is 48.9 Å². The van der Waals surface area contributed by atoms with Crippen LogP contribution in [-0.2, 0) is 17.6 Å². The molecule has 1 amide bonds. The molecule has 1 aliphatic rings. The molecule has 1 saturated heterocycles. The van der Waals surface area contributed by atoms with Gasteiger partial charge in [0.1, 0.15) is 11.6 Å². The Morgan fingerprint density at radius 1 is 0.971 bits per heavy atom. The molecule has 6 nitrogen and oxygen atoms in total. The number of nitrogens with two attached hydrogens (primary N) is 1. The van der Waals surface area contributed by atoms with Gasteiger partial charge in [-0.05, 0) is 47.8 Å². The fourth-order valence-corrected chi connectivity index (χ4v) is 4.01. The van der Waals surface area contributed by atoms with Crippen LogP contribution < -0.4 is 16.1 Å². The molecule has 1 unspecified atom stereocenters. The van der Waals surface area contributed by atoms with Gasteiger partial charge in [0, 0.05) is 41.0 Å². The Morgan fingerprint density at radius 2 is 1.66 bits per heavy atom. The normalized spacial score (nSPS) is 16.3. The maximum Gasteiger partial charge on any atom is 0.254 e. The highest BCUT2D eigenvalue weighted by atomic mass is 19.1. The Kier molecular flexibility index (Phi) is 7.00. The average Bonchev–Trinajstić information content (AvgIpc) is 2.88.